The molecule has 5 atom stereocenters. The number of rotatable bonds is 10. The van der Waals surface area contributed by atoms with E-state index in [1.165, 1.54) is 38.5 Å². The van der Waals surface area contributed by atoms with Crippen LogP contribution in [0, 0.1) is 35.0 Å². The van der Waals surface area contributed by atoms with E-state index in [0.717, 1.165) is 25.7 Å². The number of fused-ring (bicyclic) bond motifs is 2. The third-order valence-electron chi connectivity index (χ3n) is 7.91. The summed E-state index contributed by atoms with van der Waals surface area (Å²) in [5.41, 5.74) is -0.528. The minimum absolute atomic E-state index is 0.00202. The van der Waals surface area contributed by atoms with Gasteiger partial charge in [-0.2, -0.15) is 0 Å². The maximum atomic E-state index is 10.9. The molecule has 5 heteroatoms. The second-order valence-electron chi connectivity index (χ2n) is 11.5. The predicted molar refractivity (Wildman–Crippen MR) is 131 cm³/mol. The summed E-state index contributed by atoms with van der Waals surface area (Å²) in [4.78, 5) is 0. The molecular formula is C27H47O4Si. The fourth-order valence-corrected chi connectivity index (χ4v) is 7.11. The molecule has 0 aromatic carbocycles. The van der Waals surface area contributed by atoms with Crippen LogP contribution in [-0.4, -0.2) is 44.9 Å². The Morgan fingerprint density at radius 2 is 1.66 bits per heavy atom. The normalized spacial score (nSPS) is 30.6. The number of hydrogen-bond donors (Lipinski definition) is 1. The minimum Gasteiger partial charge on any atom is -0.401 e. The second kappa shape index (κ2) is 10.9. The van der Waals surface area contributed by atoms with Crippen LogP contribution in [-0.2, 0) is 13.9 Å². The molecule has 5 unspecified atom stereocenters. The predicted octanol–water partition coefficient (Wildman–Crippen LogP) is 5.94. The van der Waals surface area contributed by atoms with Crippen LogP contribution >= 0.6 is 0 Å². The number of aliphatic hydroxyl groups is 1. The summed E-state index contributed by atoms with van der Waals surface area (Å²) in [6.07, 6.45) is 11.2. The van der Waals surface area contributed by atoms with Gasteiger partial charge >= 0.3 is 0 Å². The standard InChI is InChI=1S/C27H47O4Si/c1-7-8-9-10-11-12-13-15-26(25(2,3)4,31-32(5)6)16-14-21-22-20-27(29-17-18-30-27)23(22)19-24(21)28/h21-24,28H,7-13,15,17-20H2,1-6H3. The monoisotopic (exact) mass is 463 g/mol. The van der Waals surface area contributed by atoms with E-state index in [2.05, 4.69) is 52.6 Å². The first-order chi connectivity index (χ1) is 15.1. The van der Waals surface area contributed by atoms with Gasteiger partial charge in [0.15, 0.2) is 5.79 Å². The van der Waals surface area contributed by atoms with Gasteiger partial charge in [-0.3, -0.25) is 0 Å². The number of ether oxygens (including phenoxy) is 2. The Bertz CT molecular complexity index is 655. The highest BCUT2D eigenvalue weighted by atomic mass is 28.3. The number of hydrogen-bond acceptors (Lipinski definition) is 4. The molecule has 32 heavy (non-hydrogen) atoms. The van der Waals surface area contributed by atoms with Gasteiger partial charge in [-0.15, -0.1) is 0 Å². The third-order valence-corrected chi connectivity index (χ3v) is 8.67. The van der Waals surface area contributed by atoms with Crippen LogP contribution in [0.5, 0.6) is 0 Å². The van der Waals surface area contributed by atoms with Gasteiger partial charge in [0.1, 0.15) is 5.60 Å². The Labute approximate surface area is 198 Å². The van der Waals surface area contributed by atoms with Crippen molar-refractivity contribution in [3.8, 4) is 11.8 Å². The number of aliphatic hydroxyl groups excluding tert-OH is 1. The van der Waals surface area contributed by atoms with Crippen molar-refractivity contribution >= 4 is 9.04 Å². The van der Waals surface area contributed by atoms with Gasteiger partial charge in [0.25, 0.3) is 0 Å². The average Bonchev–Trinajstić information content (AvgIpc) is 3.29. The first-order valence-electron chi connectivity index (χ1n) is 13.1. The molecule has 3 rings (SSSR count). The van der Waals surface area contributed by atoms with Crippen molar-refractivity contribution in [3.05, 3.63) is 0 Å². The van der Waals surface area contributed by atoms with Crippen molar-refractivity contribution in [1.29, 1.82) is 0 Å². The van der Waals surface area contributed by atoms with Crippen molar-refractivity contribution < 1.29 is 19.0 Å². The molecule has 1 N–H and O–H groups in total. The topological polar surface area (TPSA) is 47.9 Å². The molecule has 2 aliphatic carbocycles. The Morgan fingerprint density at radius 3 is 2.25 bits per heavy atom. The molecule has 0 aromatic heterocycles. The molecule has 1 spiro atoms. The van der Waals surface area contributed by atoms with Gasteiger partial charge in [-0.25, -0.2) is 0 Å². The smallest absolute Gasteiger partial charge is 0.207 e. The maximum absolute atomic E-state index is 10.9. The van der Waals surface area contributed by atoms with Crippen LogP contribution in [0.1, 0.15) is 91.9 Å². The van der Waals surface area contributed by atoms with E-state index in [9.17, 15) is 5.11 Å². The van der Waals surface area contributed by atoms with Crippen molar-refractivity contribution in [3.63, 3.8) is 0 Å². The quantitative estimate of drug-likeness (QED) is 0.247. The van der Waals surface area contributed by atoms with Crippen molar-refractivity contribution in [2.24, 2.45) is 23.2 Å². The van der Waals surface area contributed by atoms with Crippen LogP contribution in [0.4, 0.5) is 0 Å². The minimum atomic E-state index is -0.918. The fourth-order valence-electron chi connectivity index (χ4n) is 5.95. The van der Waals surface area contributed by atoms with Crippen molar-refractivity contribution in [1.82, 2.24) is 0 Å². The maximum Gasteiger partial charge on any atom is 0.207 e. The van der Waals surface area contributed by atoms with Crippen LogP contribution in [0.15, 0.2) is 0 Å². The molecule has 0 amide bonds. The van der Waals surface area contributed by atoms with E-state index in [-0.39, 0.29) is 17.3 Å². The van der Waals surface area contributed by atoms with Gasteiger partial charge in [-0.1, -0.05) is 78.1 Å². The molecule has 1 radical (unpaired) electrons. The highest BCUT2D eigenvalue weighted by Crippen LogP contribution is 2.59. The lowest BCUT2D eigenvalue weighted by Crippen LogP contribution is -2.54. The zero-order valence-electron chi connectivity index (χ0n) is 21.5. The van der Waals surface area contributed by atoms with Crippen LogP contribution < -0.4 is 0 Å². The average molecular weight is 464 g/mol. The zero-order valence-corrected chi connectivity index (χ0v) is 22.5. The Kier molecular flexibility index (Phi) is 8.94. The highest BCUT2D eigenvalue weighted by molar-refractivity contribution is 6.48. The summed E-state index contributed by atoms with van der Waals surface area (Å²) in [7, 11) is -0.918. The van der Waals surface area contributed by atoms with Gasteiger partial charge in [0, 0.05) is 23.7 Å². The summed E-state index contributed by atoms with van der Waals surface area (Å²) in [5, 5.41) is 10.9. The molecule has 3 aliphatic rings. The molecule has 183 valence electrons. The van der Waals surface area contributed by atoms with Crippen LogP contribution in [0.25, 0.3) is 0 Å². The highest BCUT2D eigenvalue weighted by Gasteiger charge is 2.64. The first-order valence-corrected chi connectivity index (χ1v) is 15.5. The molecule has 1 saturated heterocycles. The molecular weight excluding hydrogens is 416 g/mol. The van der Waals surface area contributed by atoms with Crippen molar-refractivity contribution in [2.75, 3.05) is 13.2 Å². The van der Waals surface area contributed by atoms with E-state index in [1.807, 2.05) is 0 Å². The largest absolute Gasteiger partial charge is 0.401 e. The first kappa shape index (κ1) is 26.2. The molecule has 1 heterocycles. The second-order valence-corrected chi connectivity index (χ2v) is 13.6. The molecule has 3 fully saturated rings. The fraction of sp³-hybridized carbons (Fsp3) is 0.926. The molecule has 0 bridgehead atoms. The number of unbranched alkanes of at least 4 members (excludes halogenated alkanes) is 6. The van der Waals surface area contributed by atoms with E-state index in [4.69, 9.17) is 13.9 Å². The summed E-state index contributed by atoms with van der Waals surface area (Å²) in [6, 6.07) is 0. The Hall–Kier alpha value is -0.383. The van der Waals surface area contributed by atoms with E-state index in [1.54, 1.807) is 0 Å². The molecule has 2 saturated carbocycles. The summed E-state index contributed by atoms with van der Waals surface area (Å²) in [6.45, 7) is 14.8. The van der Waals surface area contributed by atoms with Gasteiger partial charge in [-0.05, 0) is 38.3 Å². The zero-order chi connectivity index (χ0) is 23.4. The lowest BCUT2D eigenvalue weighted by atomic mass is 9.67. The van der Waals surface area contributed by atoms with Crippen molar-refractivity contribution in [2.45, 2.75) is 122 Å². The SMILES string of the molecule is CCCCCCCCCC(C#CC1C(O)CC2C1CC21OCCO1)(O[Si](C)C)C(C)(C)C. The molecule has 1 aliphatic heterocycles. The summed E-state index contributed by atoms with van der Waals surface area (Å²) in [5.74, 6) is 7.46. The molecule has 0 aromatic rings. The lowest BCUT2D eigenvalue weighted by Gasteiger charge is -2.48. The van der Waals surface area contributed by atoms with Gasteiger partial charge < -0.3 is 19.0 Å². The van der Waals surface area contributed by atoms with E-state index in [0.29, 0.717) is 19.1 Å². The lowest BCUT2D eigenvalue weighted by molar-refractivity contribution is -0.270. The van der Waals surface area contributed by atoms with E-state index >= 15 is 0 Å². The van der Waals surface area contributed by atoms with Crippen LogP contribution in [0.3, 0.4) is 0 Å². The van der Waals surface area contributed by atoms with Gasteiger partial charge in [0.2, 0.25) is 9.04 Å². The summed E-state index contributed by atoms with van der Waals surface area (Å²) >= 11 is 0. The van der Waals surface area contributed by atoms with Gasteiger partial charge in [0.05, 0.1) is 19.3 Å². The third kappa shape index (κ3) is 5.63. The Morgan fingerprint density at radius 1 is 1.03 bits per heavy atom. The molecule has 4 nitrogen and oxygen atoms in total. The summed E-state index contributed by atoms with van der Waals surface area (Å²) < 4.78 is 18.6. The Balaban J connectivity index is 1.69. The van der Waals surface area contributed by atoms with E-state index < -0.39 is 26.5 Å². The van der Waals surface area contributed by atoms with Crippen LogP contribution in [0.2, 0.25) is 13.1 Å².